The molecule has 4 nitrogen and oxygen atoms in total. The number of carbonyl (C=O) groups is 1. The molecule has 1 fully saturated rings. The first-order chi connectivity index (χ1) is 7.54. The van der Waals surface area contributed by atoms with Crippen molar-refractivity contribution in [2.24, 2.45) is 5.92 Å². The Hall–Kier alpha value is -0.610. The summed E-state index contributed by atoms with van der Waals surface area (Å²) in [5.41, 5.74) is 0. The van der Waals surface area contributed by atoms with E-state index in [9.17, 15) is 4.79 Å². The number of hydrogen-bond acceptors (Lipinski definition) is 4. The van der Waals surface area contributed by atoms with Gasteiger partial charge in [0, 0.05) is 6.04 Å². The number of nitrogens with one attached hydrogen (secondary N) is 1. The maximum absolute atomic E-state index is 11.6. The fourth-order valence-corrected chi connectivity index (χ4v) is 1.79. The van der Waals surface area contributed by atoms with Gasteiger partial charge in [-0.2, -0.15) is 0 Å². The van der Waals surface area contributed by atoms with Crippen LogP contribution in [-0.4, -0.2) is 50.7 Å². The fraction of sp³-hybridized carbons (Fsp3) is 0.917. The zero-order valence-electron chi connectivity index (χ0n) is 10.8. The summed E-state index contributed by atoms with van der Waals surface area (Å²) >= 11 is 0. The van der Waals surface area contributed by atoms with Gasteiger partial charge in [-0.1, -0.05) is 0 Å². The van der Waals surface area contributed by atoms with Crippen LogP contribution in [0.1, 0.15) is 26.2 Å². The van der Waals surface area contributed by atoms with Crippen molar-refractivity contribution < 1.29 is 9.53 Å². The molecule has 1 saturated carbocycles. The first-order valence-electron chi connectivity index (χ1n) is 6.03. The number of carbonyl (C=O) groups excluding carboxylic acids is 1. The summed E-state index contributed by atoms with van der Waals surface area (Å²) in [4.78, 5) is 13.7. The SMILES string of the molecule is COC(=O)C(NC(C)CCN(C)C)C1CC1. The maximum Gasteiger partial charge on any atom is 0.323 e. The van der Waals surface area contributed by atoms with Gasteiger partial charge >= 0.3 is 5.97 Å². The number of esters is 1. The number of hydrogen-bond donors (Lipinski definition) is 1. The molecule has 1 aliphatic rings. The Balaban J connectivity index is 2.33. The Kier molecular flexibility index (Phi) is 5.22. The Bertz CT molecular complexity index is 227. The van der Waals surface area contributed by atoms with Crippen LogP contribution in [-0.2, 0) is 9.53 Å². The second kappa shape index (κ2) is 6.21. The van der Waals surface area contributed by atoms with E-state index in [1.54, 1.807) is 0 Å². The van der Waals surface area contributed by atoms with E-state index in [1.165, 1.54) is 7.11 Å². The van der Waals surface area contributed by atoms with Gasteiger partial charge in [0.2, 0.25) is 0 Å². The number of ether oxygens (including phenoxy) is 1. The molecule has 0 heterocycles. The minimum absolute atomic E-state index is 0.0952. The molecule has 0 aromatic rings. The second-order valence-electron chi connectivity index (χ2n) is 5.00. The molecular weight excluding hydrogens is 204 g/mol. The lowest BCUT2D eigenvalue weighted by Gasteiger charge is -2.22. The first kappa shape index (κ1) is 13.5. The van der Waals surface area contributed by atoms with Crippen LogP contribution >= 0.6 is 0 Å². The monoisotopic (exact) mass is 228 g/mol. The predicted molar refractivity (Wildman–Crippen MR) is 64.3 cm³/mol. The summed E-state index contributed by atoms with van der Waals surface area (Å²) in [6, 6.07) is 0.259. The van der Waals surface area contributed by atoms with Crippen molar-refractivity contribution >= 4 is 5.97 Å². The average Bonchev–Trinajstić information content (AvgIpc) is 3.05. The standard InChI is InChI=1S/C12H24N2O2/c1-9(7-8-14(2)3)13-11(10-5-6-10)12(15)16-4/h9-11,13H,5-8H2,1-4H3. The number of nitrogens with zero attached hydrogens (tertiary/aromatic N) is 1. The molecule has 0 aromatic heterocycles. The van der Waals surface area contributed by atoms with Crippen molar-refractivity contribution in [1.29, 1.82) is 0 Å². The fourth-order valence-electron chi connectivity index (χ4n) is 1.79. The highest BCUT2D eigenvalue weighted by Gasteiger charge is 2.37. The molecule has 0 saturated heterocycles. The van der Waals surface area contributed by atoms with Gasteiger partial charge in [-0.3, -0.25) is 4.79 Å². The molecule has 0 bridgehead atoms. The molecule has 1 N–H and O–H groups in total. The first-order valence-corrected chi connectivity index (χ1v) is 6.03. The molecule has 0 aromatic carbocycles. The maximum atomic E-state index is 11.6. The van der Waals surface area contributed by atoms with E-state index in [1.807, 2.05) is 0 Å². The van der Waals surface area contributed by atoms with E-state index in [0.717, 1.165) is 25.8 Å². The van der Waals surface area contributed by atoms with Gasteiger partial charge < -0.3 is 15.0 Å². The summed E-state index contributed by atoms with van der Waals surface area (Å²) in [5.74, 6) is 0.383. The molecule has 94 valence electrons. The normalized spacial score (nSPS) is 19.6. The van der Waals surface area contributed by atoms with Crippen LogP contribution < -0.4 is 5.32 Å². The summed E-state index contributed by atoms with van der Waals surface area (Å²) in [7, 11) is 5.58. The highest BCUT2D eigenvalue weighted by molar-refractivity contribution is 5.76. The molecule has 0 amide bonds. The van der Waals surface area contributed by atoms with E-state index < -0.39 is 0 Å². The lowest BCUT2D eigenvalue weighted by Crippen LogP contribution is -2.45. The average molecular weight is 228 g/mol. The minimum Gasteiger partial charge on any atom is -0.468 e. The molecule has 1 aliphatic carbocycles. The summed E-state index contributed by atoms with van der Waals surface area (Å²) in [6.07, 6.45) is 3.34. The van der Waals surface area contributed by atoms with Crippen molar-refractivity contribution in [3.05, 3.63) is 0 Å². The van der Waals surface area contributed by atoms with Crippen molar-refractivity contribution in [3.8, 4) is 0 Å². The Morgan fingerprint density at radius 3 is 2.56 bits per heavy atom. The molecule has 16 heavy (non-hydrogen) atoms. The van der Waals surface area contributed by atoms with Gasteiger partial charge in [0.1, 0.15) is 6.04 Å². The number of rotatable bonds is 7. The molecule has 4 heteroatoms. The van der Waals surface area contributed by atoms with Crippen LogP contribution in [0.2, 0.25) is 0 Å². The third kappa shape index (κ3) is 4.49. The lowest BCUT2D eigenvalue weighted by molar-refractivity contribution is -0.144. The second-order valence-corrected chi connectivity index (χ2v) is 5.00. The van der Waals surface area contributed by atoms with Gasteiger partial charge in [-0.15, -0.1) is 0 Å². The van der Waals surface area contributed by atoms with E-state index in [4.69, 9.17) is 4.74 Å². The van der Waals surface area contributed by atoms with Crippen LogP contribution in [0.15, 0.2) is 0 Å². The van der Waals surface area contributed by atoms with E-state index >= 15 is 0 Å². The van der Waals surface area contributed by atoms with Crippen LogP contribution in [0.4, 0.5) is 0 Å². The third-order valence-corrected chi connectivity index (χ3v) is 3.02. The smallest absolute Gasteiger partial charge is 0.323 e. The molecule has 0 spiro atoms. The summed E-state index contributed by atoms with van der Waals surface area (Å²) in [6.45, 7) is 3.16. The van der Waals surface area contributed by atoms with Gasteiger partial charge in [0.15, 0.2) is 0 Å². The Morgan fingerprint density at radius 2 is 2.12 bits per heavy atom. The van der Waals surface area contributed by atoms with Crippen LogP contribution in [0.5, 0.6) is 0 Å². The zero-order chi connectivity index (χ0) is 12.1. The topological polar surface area (TPSA) is 41.6 Å². The van der Waals surface area contributed by atoms with Crippen LogP contribution in [0, 0.1) is 5.92 Å². The summed E-state index contributed by atoms with van der Waals surface area (Å²) in [5, 5.41) is 3.38. The highest BCUT2D eigenvalue weighted by Crippen LogP contribution is 2.33. The lowest BCUT2D eigenvalue weighted by atomic mass is 10.1. The molecule has 0 aliphatic heterocycles. The molecular formula is C12H24N2O2. The van der Waals surface area contributed by atoms with Gasteiger partial charge in [-0.25, -0.2) is 0 Å². The molecule has 1 rings (SSSR count). The molecule has 2 unspecified atom stereocenters. The molecule has 0 radical (unpaired) electrons. The van der Waals surface area contributed by atoms with E-state index in [-0.39, 0.29) is 12.0 Å². The van der Waals surface area contributed by atoms with Crippen molar-refractivity contribution in [1.82, 2.24) is 10.2 Å². The van der Waals surface area contributed by atoms with E-state index in [2.05, 4.69) is 31.2 Å². The van der Waals surface area contributed by atoms with Gasteiger partial charge in [0.05, 0.1) is 7.11 Å². The van der Waals surface area contributed by atoms with Gasteiger partial charge in [0.25, 0.3) is 0 Å². The van der Waals surface area contributed by atoms with Crippen molar-refractivity contribution in [3.63, 3.8) is 0 Å². The van der Waals surface area contributed by atoms with Crippen LogP contribution in [0.3, 0.4) is 0 Å². The van der Waals surface area contributed by atoms with Crippen molar-refractivity contribution in [2.75, 3.05) is 27.7 Å². The Labute approximate surface area is 98.3 Å². The Morgan fingerprint density at radius 1 is 1.50 bits per heavy atom. The minimum atomic E-state index is -0.112. The zero-order valence-corrected chi connectivity index (χ0v) is 10.8. The van der Waals surface area contributed by atoms with Crippen molar-refractivity contribution in [2.45, 2.75) is 38.3 Å². The highest BCUT2D eigenvalue weighted by atomic mass is 16.5. The van der Waals surface area contributed by atoms with Gasteiger partial charge in [-0.05, 0) is 52.7 Å². The predicted octanol–water partition coefficient (Wildman–Crippen LogP) is 0.868. The number of methoxy groups -OCH3 is 1. The van der Waals surface area contributed by atoms with Crippen LogP contribution in [0.25, 0.3) is 0 Å². The summed E-state index contributed by atoms with van der Waals surface area (Å²) < 4.78 is 4.83. The largest absolute Gasteiger partial charge is 0.468 e. The van der Waals surface area contributed by atoms with E-state index in [0.29, 0.717) is 12.0 Å². The third-order valence-electron chi connectivity index (χ3n) is 3.02. The quantitative estimate of drug-likeness (QED) is 0.656. The molecule has 2 atom stereocenters.